The number of nitrogens with zero attached hydrogens (tertiary/aromatic N) is 4. The van der Waals surface area contributed by atoms with Gasteiger partial charge in [0.25, 0.3) is 5.82 Å². The molecule has 0 saturated carbocycles. The van der Waals surface area contributed by atoms with Crippen LogP contribution in [0.25, 0.3) is 16.6 Å². The Morgan fingerprint density at radius 3 is 2.17 bits per heavy atom. The van der Waals surface area contributed by atoms with Crippen LogP contribution >= 0.6 is 23.2 Å². The number of aryl methyl sites for hydroxylation is 2. The summed E-state index contributed by atoms with van der Waals surface area (Å²) in [5, 5.41) is 0.0282. The molecule has 0 atom stereocenters. The summed E-state index contributed by atoms with van der Waals surface area (Å²) in [6.45, 7) is 3.05. The number of alkyl halides is 3. The summed E-state index contributed by atoms with van der Waals surface area (Å²) in [4.78, 5) is 3.29. The van der Waals surface area contributed by atoms with E-state index < -0.39 is 48.5 Å². The van der Waals surface area contributed by atoms with Crippen LogP contribution < -0.4 is 43.9 Å². The van der Waals surface area contributed by atoms with Crippen LogP contribution in [0.3, 0.4) is 0 Å². The Hall–Kier alpha value is -2.08. The minimum Gasteiger partial charge on any atom is -0.748 e. The number of benzene rings is 2. The third kappa shape index (κ3) is 8.61. The second-order valence-corrected chi connectivity index (χ2v) is 14.9. The fraction of sp³-hybridized carbons (Fsp3) is 0.367. The molecule has 0 amide bonds. The molecule has 5 rings (SSSR count). The zero-order valence-electron chi connectivity index (χ0n) is 26.0. The van der Waals surface area contributed by atoms with Crippen molar-refractivity contribution in [2.75, 3.05) is 34.4 Å². The number of fused-ring (bicyclic) bond motifs is 4. The number of imidazole rings is 1. The molecule has 0 unspecified atom stereocenters. The molecule has 0 aliphatic carbocycles. The molecule has 18 heteroatoms. The van der Waals surface area contributed by atoms with E-state index in [0.29, 0.717) is 36.0 Å². The third-order valence-corrected chi connectivity index (χ3v) is 10.1. The van der Waals surface area contributed by atoms with Crippen LogP contribution in [-0.2, 0) is 39.5 Å². The maximum Gasteiger partial charge on any atom is 1.00 e. The normalized spacial score (nSPS) is 16.8. The first-order valence-electron chi connectivity index (χ1n) is 14.6. The molecular weight excluding hydrogens is 727 g/mol. The summed E-state index contributed by atoms with van der Waals surface area (Å²) in [5.41, 5.74) is 2.19. The van der Waals surface area contributed by atoms with E-state index in [4.69, 9.17) is 23.2 Å². The molecule has 1 aromatic heterocycles. The van der Waals surface area contributed by atoms with Crippen LogP contribution in [-0.4, -0.2) is 55.1 Å². The molecular formula is C30H30Cl2F3N4NaO6S2. The molecule has 2 aromatic carbocycles. The summed E-state index contributed by atoms with van der Waals surface area (Å²) in [6.07, 6.45) is 2.98. The average Bonchev–Trinajstić information content (AvgIpc) is 3.58. The van der Waals surface area contributed by atoms with Crippen LogP contribution in [0.2, 0.25) is 10.0 Å². The molecule has 3 aromatic rings. The van der Waals surface area contributed by atoms with Crippen molar-refractivity contribution in [2.45, 2.75) is 45.5 Å². The smallest absolute Gasteiger partial charge is 0.748 e. The standard InChI is InChI=1S/C30H31Cl2F3N4O6S2.Na/c1-2-36-27-19-23(32)22(30(33,34)35)18-26(27)37(12-5-15-46(40,41)42)28(36)8-4-3-7-20-11-14-39-24-10-9-21(31)17-25(24)38(29(20)39)13-6-16-47(43,44)45;/h3-4,7-10,17-19H,2,5-6,11-16H2,1H3,(H-,40,41,42,43,44,45);/q;+1/p-1. The zero-order chi connectivity index (χ0) is 34.3. The van der Waals surface area contributed by atoms with Gasteiger partial charge in [-0.1, -0.05) is 41.4 Å². The van der Waals surface area contributed by atoms with Gasteiger partial charge in [0, 0.05) is 47.7 Å². The molecule has 2 aliphatic heterocycles. The van der Waals surface area contributed by atoms with Gasteiger partial charge in [-0.3, -0.25) is 0 Å². The van der Waals surface area contributed by atoms with E-state index in [9.17, 15) is 39.1 Å². The summed E-state index contributed by atoms with van der Waals surface area (Å²) < 4.78 is 113. The number of hydrogen-bond donors (Lipinski definition) is 0. The molecule has 0 spiro atoms. The molecule has 2 aliphatic rings. The van der Waals surface area contributed by atoms with Crippen LogP contribution in [0.4, 0.5) is 24.5 Å². The van der Waals surface area contributed by atoms with Crippen molar-refractivity contribution in [3.05, 3.63) is 81.9 Å². The Morgan fingerprint density at radius 2 is 1.54 bits per heavy atom. The van der Waals surface area contributed by atoms with E-state index in [1.165, 1.54) is 6.07 Å². The van der Waals surface area contributed by atoms with E-state index in [0.717, 1.165) is 28.5 Å². The predicted molar refractivity (Wildman–Crippen MR) is 172 cm³/mol. The van der Waals surface area contributed by atoms with Gasteiger partial charge in [-0.25, -0.2) is 26.0 Å². The van der Waals surface area contributed by atoms with Gasteiger partial charge in [-0.2, -0.15) is 13.2 Å². The molecule has 10 nitrogen and oxygen atoms in total. The summed E-state index contributed by atoms with van der Waals surface area (Å²) >= 11 is 12.3. The Kier molecular flexibility index (Phi) is 12.1. The first kappa shape index (κ1) is 38.7. The predicted octanol–water partition coefficient (Wildman–Crippen LogP) is 2.66. The van der Waals surface area contributed by atoms with Gasteiger partial charge >= 0.3 is 35.7 Å². The van der Waals surface area contributed by atoms with Gasteiger partial charge in [0.15, 0.2) is 11.0 Å². The second kappa shape index (κ2) is 15.0. The molecule has 0 saturated heterocycles. The number of allylic oxidation sites excluding steroid dienone is 5. The molecule has 254 valence electrons. The van der Waals surface area contributed by atoms with Crippen molar-refractivity contribution in [3.8, 4) is 0 Å². The molecule has 3 heterocycles. The minimum absolute atomic E-state index is 0. The zero-order valence-corrected chi connectivity index (χ0v) is 31.1. The molecule has 0 N–H and O–H groups in total. The number of anilines is 2. The Morgan fingerprint density at radius 1 is 0.917 bits per heavy atom. The van der Waals surface area contributed by atoms with Gasteiger partial charge in [0.1, 0.15) is 5.82 Å². The van der Waals surface area contributed by atoms with Crippen LogP contribution in [0.15, 0.2) is 60.5 Å². The van der Waals surface area contributed by atoms with Gasteiger partial charge in [0.05, 0.1) is 55.3 Å². The van der Waals surface area contributed by atoms with Crippen LogP contribution in [0.5, 0.6) is 0 Å². The van der Waals surface area contributed by atoms with E-state index in [-0.39, 0.29) is 61.2 Å². The van der Waals surface area contributed by atoms with Crippen LogP contribution in [0.1, 0.15) is 37.6 Å². The Labute approximate surface area is 308 Å². The van der Waals surface area contributed by atoms with Gasteiger partial charge in [-0.05, 0) is 50.1 Å². The quantitative estimate of drug-likeness (QED) is 0.166. The summed E-state index contributed by atoms with van der Waals surface area (Å²) in [5.74, 6) is 0.114. The number of halogens is 5. The number of hydrogen-bond acceptors (Lipinski definition) is 8. The third-order valence-electron chi connectivity index (χ3n) is 7.95. The summed E-state index contributed by atoms with van der Waals surface area (Å²) in [6, 6.07) is 7.59. The first-order valence-corrected chi connectivity index (χ1v) is 18.5. The maximum atomic E-state index is 13.7. The van der Waals surface area contributed by atoms with Crippen molar-refractivity contribution < 1.29 is 73.2 Å². The second-order valence-electron chi connectivity index (χ2n) is 11.1. The SMILES string of the molecule is CCN1/C(=C/C=C/C=C2\CC[n+]3c2n(CCCS(=O)(=O)[O-])c2cc(Cl)ccc23)N(CCCS(=O)(=O)[O-])c2cc(C(F)(F)F)c(Cl)cc21.[Na+]. The van der Waals surface area contributed by atoms with E-state index >= 15 is 0 Å². The Balaban J connectivity index is 0.00000520. The number of aromatic nitrogens is 2. The van der Waals surface area contributed by atoms with Gasteiger partial charge in [-0.15, -0.1) is 0 Å². The van der Waals surface area contributed by atoms with Gasteiger partial charge in [0.2, 0.25) is 0 Å². The van der Waals surface area contributed by atoms with Crippen molar-refractivity contribution in [1.29, 1.82) is 0 Å². The first-order chi connectivity index (χ1) is 22.0. The fourth-order valence-corrected chi connectivity index (χ4v) is 7.47. The Bertz CT molecular complexity index is 2030. The minimum atomic E-state index is -4.72. The average molecular weight is 758 g/mol. The number of rotatable bonds is 11. The van der Waals surface area contributed by atoms with E-state index in [1.54, 1.807) is 47.1 Å². The molecule has 0 bridgehead atoms. The largest absolute Gasteiger partial charge is 1.00 e. The van der Waals surface area contributed by atoms with Crippen LogP contribution in [0, 0.1) is 0 Å². The molecule has 0 fully saturated rings. The topological polar surface area (TPSA) is 130 Å². The van der Waals surface area contributed by atoms with Crippen molar-refractivity contribution >= 4 is 71.4 Å². The molecule has 0 radical (unpaired) electrons. The van der Waals surface area contributed by atoms with Crippen molar-refractivity contribution in [3.63, 3.8) is 0 Å². The van der Waals surface area contributed by atoms with E-state index in [2.05, 4.69) is 4.57 Å². The monoisotopic (exact) mass is 756 g/mol. The summed E-state index contributed by atoms with van der Waals surface area (Å²) in [7, 11) is -8.93. The van der Waals surface area contributed by atoms with Crippen molar-refractivity contribution in [2.24, 2.45) is 0 Å². The fourth-order valence-electron chi connectivity index (χ4n) is 6.07. The molecule has 48 heavy (non-hydrogen) atoms. The van der Waals surface area contributed by atoms with Gasteiger partial charge < -0.3 is 18.9 Å². The maximum absolute atomic E-state index is 13.7. The van der Waals surface area contributed by atoms with E-state index in [1.807, 2.05) is 16.7 Å². The van der Waals surface area contributed by atoms with Crippen molar-refractivity contribution in [1.82, 2.24) is 4.57 Å².